The number of halogens is 1. The first-order valence-electron chi connectivity index (χ1n) is 5.50. The van der Waals surface area contributed by atoms with Crippen LogP contribution in [0.3, 0.4) is 0 Å². The van der Waals surface area contributed by atoms with Crippen LogP contribution in [0.5, 0.6) is 0 Å². The Kier molecular flexibility index (Phi) is 4.24. The number of hydrogen-bond acceptors (Lipinski definition) is 5. The fourth-order valence-corrected chi connectivity index (χ4v) is 2.72. The SMILES string of the molecule is CN(Cc1ccc(Cl)s1)c1cccc(C(N)=NO)n1. The summed E-state index contributed by atoms with van der Waals surface area (Å²) in [5.74, 6) is 0.739. The molecule has 7 heteroatoms. The molecule has 3 N–H and O–H groups in total. The van der Waals surface area contributed by atoms with Crippen LogP contribution in [0.1, 0.15) is 10.6 Å². The summed E-state index contributed by atoms with van der Waals surface area (Å²) in [4.78, 5) is 7.44. The summed E-state index contributed by atoms with van der Waals surface area (Å²) in [7, 11) is 1.92. The fraction of sp³-hybridized carbons (Fsp3) is 0.167. The maximum atomic E-state index is 8.65. The molecule has 5 nitrogen and oxygen atoms in total. The number of thiophene rings is 1. The van der Waals surface area contributed by atoms with Gasteiger partial charge in [0.1, 0.15) is 11.5 Å². The monoisotopic (exact) mass is 296 g/mol. The molecule has 0 atom stereocenters. The summed E-state index contributed by atoms with van der Waals surface area (Å²) in [6.45, 7) is 0.698. The molecule has 0 saturated carbocycles. The average Bonchev–Trinajstić information content (AvgIpc) is 2.83. The highest BCUT2D eigenvalue weighted by atomic mass is 35.5. The van der Waals surface area contributed by atoms with Crippen molar-refractivity contribution in [3.05, 3.63) is 45.2 Å². The van der Waals surface area contributed by atoms with E-state index in [0.29, 0.717) is 12.2 Å². The van der Waals surface area contributed by atoms with Crippen molar-refractivity contribution in [2.75, 3.05) is 11.9 Å². The molecule has 0 radical (unpaired) electrons. The van der Waals surface area contributed by atoms with Gasteiger partial charge in [0.2, 0.25) is 0 Å². The number of pyridine rings is 1. The topological polar surface area (TPSA) is 74.7 Å². The van der Waals surface area contributed by atoms with E-state index in [1.807, 2.05) is 36.2 Å². The van der Waals surface area contributed by atoms with Gasteiger partial charge in [-0.15, -0.1) is 11.3 Å². The third-order valence-corrected chi connectivity index (χ3v) is 3.73. The van der Waals surface area contributed by atoms with Crippen LogP contribution in [0.2, 0.25) is 4.34 Å². The van der Waals surface area contributed by atoms with Gasteiger partial charge in [-0.2, -0.15) is 0 Å². The molecule has 100 valence electrons. The number of amidine groups is 1. The number of hydrogen-bond donors (Lipinski definition) is 2. The Bertz CT molecular complexity index is 599. The molecule has 0 saturated heterocycles. The van der Waals surface area contributed by atoms with Gasteiger partial charge >= 0.3 is 0 Å². The second kappa shape index (κ2) is 5.90. The van der Waals surface area contributed by atoms with Crippen LogP contribution in [0.15, 0.2) is 35.5 Å². The molecule has 2 aromatic rings. The molecule has 2 rings (SSSR count). The first kappa shape index (κ1) is 13.6. The molecule has 0 fully saturated rings. The summed E-state index contributed by atoms with van der Waals surface area (Å²) >= 11 is 7.43. The Morgan fingerprint density at radius 2 is 2.26 bits per heavy atom. The number of rotatable bonds is 4. The molecule has 0 aromatic carbocycles. The minimum absolute atomic E-state index is 0.00517. The van der Waals surface area contributed by atoms with E-state index in [1.165, 1.54) is 11.3 Å². The molecular formula is C12H13ClN4OS. The van der Waals surface area contributed by atoms with Gasteiger partial charge in [-0.05, 0) is 24.3 Å². The number of oxime groups is 1. The van der Waals surface area contributed by atoms with E-state index < -0.39 is 0 Å². The standard InChI is InChI=1S/C12H13ClN4OS/c1-17(7-8-5-6-10(13)19-8)11-4-2-3-9(15-11)12(14)16-18/h2-6,18H,7H2,1H3,(H2,14,16). The van der Waals surface area contributed by atoms with Gasteiger partial charge in [0, 0.05) is 11.9 Å². The van der Waals surface area contributed by atoms with Crippen LogP contribution in [-0.4, -0.2) is 23.1 Å². The molecule has 0 bridgehead atoms. The number of nitrogens with zero attached hydrogens (tertiary/aromatic N) is 3. The lowest BCUT2D eigenvalue weighted by molar-refractivity contribution is 0.318. The molecule has 2 aromatic heterocycles. The smallest absolute Gasteiger partial charge is 0.188 e. The highest BCUT2D eigenvalue weighted by molar-refractivity contribution is 7.16. The molecule has 0 aliphatic heterocycles. The first-order valence-corrected chi connectivity index (χ1v) is 6.70. The maximum Gasteiger partial charge on any atom is 0.188 e. The van der Waals surface area contributed by atoms with Gasteiger partial charge in [0.15, 0.2) is 5.84 Å². The van der Waals surface area contributed by atoms with E-state index in [0.717, 1.165) is 15.0 Å². The molecule has 0 aliphatic carbocycles. The minimum Gasteiger partial charge on any atom is -0.409 e. The van der Waals surface area contributed by atoms with Crippen LogP contribution in [0.4, 0.5) is 5.82 Å². The van der Waals surface area contributed by atoms with Crippen molar-refractivity contribution in [2.24, 2.45) is 10.9 Å². The normalized spacial score (nSPS) is 11.6. The third-order valence-electron chi connectivity index (χ3n) is 2.52. The number of anilines is 1. The van der Waals surface area contributed by atoms with E-state index in [-0.39, 0.29) is 5.84 Å². The summed E-state index contributed by atoms with van der Waals surface area (Å²) in [5.41, 5.74) is 5.96. The Hall–Kier alpha value is -1.79. The average molecular weight is 297 g/mol. The second-order valence-electron chi connectivity index (χ2n) is 3.93. The van der Waals surface area contributed by atoms with E-state index in [2.05, 4.69) is 10.1 Å². The largest absolute Gasteiger partial charge is 0.409 e. The Balaban J connectivity index is 2.17. The molecule has 0 amide bonds. The maximum absolute atomic E-state index is 8.65. The molecule has 0 unspecified atom stereocenters. The predicted octanol–water partition coefficient (Wildman–Crippen LogP) is 2.53. The molecule has 0 spiro atoms. The van der Waals surface area contributed by atoms with Gasteiger partial charge in [0.05, 0.1) is 10.9 Å². The molecule has 0 aliphatic rings. The van der Waals surface area contributed by atoms with Crippen molar-refractivity contribution >= 4 is 34.6 Å². The Morgan fingerprint density at radius 1 is 1.47 bits per heavy atom. The number of nitrogens with two attached hydrogens (primary N) is 1. The lowest BCUT2D eigenvalue weighted by Crippen LogP contribution is -2.20. The van der Waals surface area contributed by atoms with Crippen molar-refractivity contribution in [3.63, 3.8) is 0 Å². The quantitative estimate of drug-likeness (QED) is 0.393. The Labute approximate surface area is 119 Å². The second-order valence-corrected chi connectivity index (χ2v) is 5.73. The van der Waals surface area contributed by atoms with Gasteiger partial charge in [-0.1, -0.05) is 22.8 Å². The Morgan fingerprint density at radius 3 is 2.89 bits per heavy atom. The van der Waals surface area contributed by atoms with Crippen molar-refractivity contribution in [1.29, 1.82) is 0 Å². The fourth-order valence-electron chi connectivity index (χ4n) is 1.58. The van der Waals surface area contributed by atoms with Crippen molar-refractivity contribution in [3.8, 4) is 0 Å². The van der Waals surface area contributed by atoms with Gasteiger partial charge in [0.25, 0.3) is 0 Å². The van der Waals surface area contributed by atoms with E-state index in [4.69, 9.17) is 22.5 Å². The first-order chi connectivity index (χ1) is 9.10. The molecule has 19 heavy (non-hydrogen) atoms. The summed E-state index contributed by atoms with van der Waals surface area (Å²) in [6.07, 6.45) is 0. The van der Waals surface area contributed by atoms with Crippen LogP contribution in [-0.2, 0) is 6.54 Å². The zero-order valence-corrected chi connectivity index (χ0v) is 11.8. The van der Waals surface area contributed by atoms with Gasteiger partial charge in [-0.25, -0.2) is 4.98 Å². The van der Waals surface area contributed by atoms with Crippen LogP contribution in [0, 0.1) is 0 Å². The van der Waals surface area contributed by atoms with Gasteiger partial charge in [-0.3, -0.25) is 0 Å². The third kappa shape index (κ3) is 3.36. The summed E-state index contributed by atoms with van der Waals surface area (Å²) in [6, 6.07) is 9.22. The molecular weight excluding hydrogens is 284 g/mol. The van der Waals surface area contributed by atoms with Crippen molar-refractivity contribution in [1.82, 2.24) is 4.98 Å². The summed E-state index contributed by atoms with van der Waals surface area (Å²) in [5, 5.41) is 11.6. The van der Waals surface area contributed by atoms with Crippen LogP contribution in [0.25, 0.3) is 0 Å². The predicted molar refractivity (Wildman–Crippen MR) is 78.2 cm³/mol. The number of aromatic nitrogens is 1. The zero-order chi connectivity index (χ0) is 13.8. The molecule has 2 heterocycles. The summed E-state index contributed by atoms with van der Waals surface area (Å²) < 4.78 is 0.766. The highest BCUT2D eigenvalue weighted by Gasteiger charge is 2.08. The van der Waals surface area contributed by atoms with E-state index >= 15 is 0 Å². The zero-order valence-electron chi connectivity index (χ0n) is 10.2. The van der Waals surface area contributed by atoms with Crippen LogP contribution >= 0.6 is 22.9 Å². The minimum atomic E-state index is -0.00517. The van der Waals surface area contributed by atoms with Gasteiger partial charge < -0.3 is 15.8 Å². The van der Waals surface area contributed by atoms with E-state index in [1.54, 1.807) is 6.07 Å². The van der Waals surface area contributed by atoms with E-state index in [9.17, 15) is 0 Å². The lowest BCUT2D eigenvalue weighted by atomic mass is 10.3. The highest BCUT2D eigenvalue weighted by Crippen LogP contribution is 2.23. The van der Waals surface area contributed by atoms with Crippen molar-refractivity contribution in [2.45, 2.75) is 6.54 Å². The lowest BCUT2D eigenvalue weighted by Gasteiger charge is -2.17. The van der Waals surface area contributed by atoms with Crippen LogP contribution < -0.4 is 10.6 Å². The van der Waals surface area contributed by atoms with Crippen molar-refractivity contribution < 1.29 is 5.21 Å².